The lowest BCUT2D eigenvalue weighted by Crippen LogP contribution is -2.45. The van der Waals surface area contributed by atoms with Crippen molar-refractivity contribution in [2.24, 2.45) is 4.99 Å². The van der Waals surface area contributed by atoms with E-state index in [2.05, 4.69) is 162 Å². The minimum atomic E-state index is -0.375. The third kappa shape index (κ3) is 3.43. The van der Waals surface area contributed by atoms with Crippen molar-refractivity contribution >= 4 is 5.84 Å². The summed E-state index contributed by atoms with van der Waals surface area (Å²) in [6, 6.07) is 54.8. The highest BCUT2D eigenvalue weighted by Gasteiger charge is 2.52. The second kappa shape index (κ2) is 9.38. The first-order valence-corrected chi connectivity index (χ1v) is 15.0. The summed E-state index contributed by atoms with van der Waals surface area (Å²) in [6.07, 6.45) is -0.273. The molecule has 1 aliphatic heterocycles. The lowest BCUT2D eigenvalue weighted by atomic mass is 9.70. The Kier molecular flexibility index (Phi) is 5.32. The van der Waals surface area contributed by atoms with Crippen LogP contribution in [0.15, 0.2) is 157 Å². The molecule has 6 aromatic rings. The summed E-state index contributed by atoms with van der Waals surface area (Å²) in [4.78, 5) is 5.35. The maximum absolute atomic E-state index is 5.35. The normalized spacial score (nSPS) is 18.7. The third-order valence-electron chi connectivity index (χ3n) is 9.39. The summed E-state index contributed by atoms with van der Waals surface area (Å²) in [6.45, 7) is 0. The van der Waals surface area contributed by atoms with Gasteiger partial charge in [-0.3, -0.25) is 5.32 Å². The molecule has 9 rings (SSSR count). The number of nitrogens with one attached hydrogen (secondary N) is 2. The van der Waals surface area contributed by atoms with Crippen molar-refractivity contribution in [1.29, 1.82) is 0 Å². The number of hydrogen-bond acceptors (Lipinski definition) is 3. The minimum absolute atomic E-state index is 0.0895. The molecular weight excluding hydrogens is 522 g/mol. The number of aliphatic imine (C=N–C) groups is 1. The van der Waals surface area contributed by atoms with Crippen molar-refractivity contribution in [3.8, 4) is 22.3 Å². The highest BCUT2D eigenvalue weighted by Crippen LogP contribution is 2.63. The molecule has 0 saturated heterocycles. The summed E-state index contributed by atoms with van der Waals surface area (Å²) in [5, 5.41) is 7.55. The van der Waals surface area contributed by atoms with Crippen molar-refractivity contribution in [3.63, 3.8) is 0 Å². The molecule has 6 aromatic carbocycles. The Morgan fingerprint density at radius 2 is 0.930 bits per heavy atom. The quantitative estimate of drug-likeness (QED) is 0.231. The van der Waals surface area contributed by atoms with Crippen LogP contribution in [0.4, 0.5) is 0 Å². The van der Waals surface area contributed by atoms with E-state index in [0.717, 1.165) is 17.0 Å². The topological polar surface area (TPSA) is 36.4 Å². The van der Waals surface area contributed by atoms with Crippen LogP contribution in [0.3, 0.4) is 0 Å². The van der Waals surface area contributed by atoms with E-state index >= 15 is 0 Å². The molecule has 1 heterocycles. The molecule has 2 N–H and O–H groups in total. The molecule has 0 amide bonds. The van der Waals surface area contributed by atoms with Gasteiger partial charge < -0.3 is 5.32 Å². The Morgan fingerprint density at radius 3 is 1.58 bits per heavy atom. The summed E-state index contributed by atoms with van der Waals surface area (Å²) in [5.74, 6) is 0.907. The van der Waals surface area contributed by atoms with E-state index in [1.165, 1.54) is 50.1 Å². The molecular formula is C40H29N3. The number of amidine groups is 1. The highest BCUT2D eigenvalue weighted by molar-refractivity contribution is 6.09. The Balaban J connectivity index is 1.30. The molecule has 3 heteroatoms. The Morgan fingerprint density at radius 1 is 0.442 bits per heavy atom. The highest BCUT2D eigenvalue weighted by atomic mass is 15.3. The molecule has 0 aromatic heterocycles. The van der Waals surface area contributed by atoms with Gasteiger partial charge in [-0.15, -0.1) is 0 Å². The van der Waals surface area contributed by atoms with Gasteiger partial charge in [-0.2, -0.15) is 0 Å². The van der Waals surface area contributed by atoms with E-state index in [1.807, 2.05) is 0 Å². The first-order chi connectivity index (χ1) is 21.3. The van der Waals surface area contributed by atoms with Gasteiger partial charge in [0, 0.05) is 5.56 Å². The lowest BCUT2D eigenvalue weighted by molar-refractivity contribution is 0.409. The average Bonchev–Trinajstić information content (AvgIpc) is 3.56. The van der Waals surface area contributed by atoms with Gasteiger partial charge >= 0.3 is 0 Å². The molecule has 0 fully saturated rings. The van der Waals surface area contributed by atoms with Crippen LogP contribution in [0.5, 0.6) is 0 Å². The standard InChI is InChI=1S/C40H29N3/c1-3-14-26(15-4-1)37-41-38(27-16-5-2-6-17-27)43-39(42-37)31-21-13-25-35-36(31)30-20-9-12-24-34(30)40(35)32-22-10-7-18-28(32)29-19-8-11-23-33(29)40/h1-25,37-38,41H,(H,42,43). The number of nitrogens with zero attached hydrogens (tertiary/aromatic N) is 1. The second-order valence-corrected chi connectivity index (χ2v) is 11.6. The predicted molar refractivity (Wildman–Crippen MR) is 174 cm³/mol. The van der Waals surface area contributed by atoms with Gasteiger partial charge in [0.1, 0.15) is 18.2 Å². The Hall–Kier alpha value is -5.25. The van der Waals surface area contributed by atoms with Gasteiger partial charge in [0.2, 0.25) is 0 Å². The SMILES string of the molecule is c1ccc(C2N=C(c3cccc4c3-c3ccccc3C43c4ccccc4-c4ccccc43)NC(c3ccccc3)N2)cc1. The minimum Gasteiger partial charge on any atom is -0.350 e. The smallest absolute Gasteiger partial charge is 0.132 e. The average molecular weight is 552 g/mol. The molecule has 1 spiro atoms. The van der Waals surface area contributed by atoms with E-state index in [-0.39, 0.29) is 17.7 Å². The van der Waals surface area contributed by atoms with Crippen molar-refractivity contribution in [2.75, 3.05) is 0 Å². The fourth-order valence-corrected chi connectivity index (χ4v) is 7.66. The van der Waals surface area contributed by atoms with Crippen molar-refractivity contribution in [3.05, 3.63) is 191 Å². The van der Waals surface area contributed by atoms with E-state index in [9.17, 15) is 0 Å². The van der Waals surface area contributed by atoms with Crippen molar-refractivity contribution in [1.82, 2.24) is 10.6 Å². The number of fused-ring (bicyclic) bond motifs is 10. The van der Waals surface area contributed by atoms with E-state index < -0.39 is 0 Å². The molecule has 2 unspecified atom stereocenters. The number of hydrogen-bond donors (Lipinski definition) is 2. The molecule has 2 atom stereocenters. The summed E-state index contributed by atoms with van der Waals surface area (Å²) in [7, 11) is 0. The van der Waals surface area contributed by atoms with E-state index in [4.69, 9.17) is 4.99 Å². The molecule has 204 valence electrons. The molecule has 2 aliphatic carbocycles. The van der Waals surface area contributed by atoms with Gasteiger partial charge in [0.05, 0.1) is 5.41 Å². The monoisotopic (exact) mass is 551 g/mol. The van der Waals surface area contributed by atoms with E-state index in [1.54, 1.807) is 0 Å². The van der Waals surface area contributed by atoms with E-state index in [0.29, 0.717) is 0 Å². The van der Waals surface area contributed by atoms with Crippen LogP contribution in [0.2, 0.25) is 0 Å². The summed E-state index contributed by atoms with van der Waals surface area (Å²) >= 11 is 0. The lowest BCUT2D eigenvalue weighted by Gasteiger charge is -2.33. The fourth-order valence-electron chi connectivity index (χ4n) is 7.66. The van der Waals surface area contributed by atoms with Gasteiger partial charge in [-0.05, 0) is 55.6 Å². The first-order valence-electron chi connectivity index (χ1n) is 15.0. The van der Waals surface area contributed by atoms with Crippen LogP contribution >= 0.6 is 0 Å². The molecule has 3 aliphatic rings. The maximum atomic E-state index is 5.35. The molecule has 0 radical (unpaired) electrons. The second-order valence-electron chi connectivity index (χ2n) is 11.6. The van der Waals surface area contributed by atoms with Gasteiger partial charge in [-0.25, -0.2) is 4.99 Å². The van der Waals surface area contributed by atoms with Gasteiger partial charge in [0.15, 0.2) is 0 Å². The number of rotatable bonds is 3. The van der Waals surface area contributed by atoms with Crippen LogP contribution in [-0.2, 0) is 5.41 Å². The number of benzene rings is 6. The van der Waals surface area contributed by atoms with Crippen LogP contribution in [0, 0.1) is 0 Å². The zero-order valence-electron chi connectivity index (χ0n) is 23.5. The molecule has 43 heavy (non-hydrogen) atoms. The summed E-state index contributed by atoms with van der Waals surface area (Å²) in [5.41, 5.74) is 13.6. The Labute approximate surface area is 251 Å². The van der Waals surface area contributed by atoms with Gasteiger partial charge in [-0.1, -0.05) is 152 Å². The van der Waals surface area contributed by atoms with Crippen molar-refractivity contribution in [2.45, 2.75) is 17.7 Å². The zero-order valence-corrected chi connectivity index (χ0v) is 23.5. The largest absolute Gasteiger partial charge is 0.350 e. The fraction of sp³-hybridized carbons (Fsp3) is 0.0750. The summed E-state index contributed by atoms with van der Waals surface area (Å²) < 4.78 is 0. The van der Waals surface area contributed by atoms with Gasteiger partial charge in [0.25, 0.3) is 0 Å². The van der Waals surface area contributed by atoms with Crippen LogP contribution < -0.4 is 10.6 Å². The molecule has 3 nitrogen and oxygen atoms in total. The van der Waals surface area contributed by atoms with Crippen LogP contribution in [0.1, 0.15) is 51.3 Å². The predicted octanol–water partition coefficient (Wildman–Crippen LogP) is 8.37. The molecule has 0 bridgehead atoms. The first kappa shape index (κ1) is 24.4. The Bertz CT molecular complexity index is 2000. The van der Waals surface area contributed by atoms with Crippen molar-refractivity contribution < 1.29 is 0 Å². The molecule has 0 saturated carbocycles. The maximum Gasteiger partial charge on any atom is 0.132 e. The van der Waals surface area contributed by atoms with Crippen LogP contribution in [-0.4, -0.2) is 5.84 Å². The third-order valence-corrected chi connectivity index (χ3v) is 9.39. The van der Waals surface area contributed by atoms with Crippen LogP contribution in [0.25, 0.3) is 22.3 Å². The zero-order chi connectivity index (χ0) is 28.4.